The van der Waals surface area contributed by atoms with E-state index in [1.54, 1.807) is 10.4 Å². The average Bonchev–Trinajstić information content (AvgIpc) is 2.86. The molecule has 2 heterocycles. The first-order valence-electron chi connectivity index (χ1n) is 9.08. The zero-order valence-corrected chi connectivity index (χ0v) is 15.2. The van der Waals surface area contributed by atoms with Crippen LogP contribution in [0.1, 0.15) is 38.5 Å². The Bertz CT molecular complexity index is 858. The molecule has 0 radical (unpaired) electrons. The van der Waals surface area contributed by atoms with Gasteiger partial charge >= 0.3 is 0 Å². The Balaban J connectivity index is 1.64. The summed E-state index contributed by atoms with van der Waals surface area (Å²) in [5, 5.41) is 0.848. The number of fused-ring (bicyclic) bond motifs is 1. The van der Waals surface area contributed by atoms with Crippen molar-refractivity contribution in [3.8, 4) is 0 Å². The van der Waals surface area contributed by atoms with Crippen LogP contribution >= 0.6 is 0 Å². The van der Waals surface area contributed by atoms with Gasteiger partial charge in [-0.2, -0.15) is 4.31 Å². The van der Waals surface area contributed by atoms with Crippen molar-refractivity contribution >= 4 is 20.9 Å². The third-order valence-electron chi connectivity index (χ3n) is 5.43. The molecule has 0 N–H and O–H groups in total. The van der Waals surface area contributed by atoms with Gasteiger partial charge in [-0.25, -0.2) is 8.42 Å². The Morgan fingerprint density at radius 3 is 2.64 bits per heavy atom. The van der Waals surface area contributed by atoms with Gasteiger partial charge in [0.1, 0.15) is 4.90 Å². The first-order chi connectivity index (χ1) is 12.1. The highest BCUT2D eigenvalue weighted by Gasteiger charge is 2.41. The summed E-state index contributed by atoms with van der Waals surface area (Å²) >= 11 is 0. The van der Waals surface area contributed by atoms with E-state index in [0.29, 0.717) is 19.7 Å². The van der Waals surface area contributed by atoms with Crippen LogP contribution in [0, 0.1) is 0 Å². The van der Waals surface area contributed by atoms with E-state index in [2.05, 4.69) is 4.98 Å². The lowest BCUT2D eigenvalue weighted by Crippen LogP contribution is -2.53. The molecule has 25 heavy (non-hydrogen) atoms. The van der Waals surface area contributed by atoms with Crippen molar-refractivity contribution in [3.63, 3.8) is 0 Å². The minimum absolute atomic E-state index is 0.275. The van der Waals surface area contributed by atoms with E-state index in [-0.39, 0.29) is 10.5 Å². The molecule has 1 saturated heterocycles. The van der Waals surface area contributed by atoms with Crippen LogP contribution in [-0.4, -0.2) is 43.0 Å². The number of para-hydroxylation sites is 1. The Morgan fingerprint density at radius 1 is 1.08 bits per heavy atom. The molecule has 2 aromatic rings. The van der Waals surface area contributed by atoms with Crippen LogP contribution in [0.2, 0.25) is 0 Å². The molecule has 1 aromatic carbocycles. The average molecular weight is 360 g/mol. The van der Waals surface area contributed by atoms with Gasteiger partial charge in [0.15, 0.2) is 0 Å². The van der Waals surface area contributed by atoms with Crippen molar-refractivity contribution in [2.24, 2.45) is 0 Å². The van der Waals surface area contributed by atoms with E-state index in [1.165, 1.54) is 19.0 Å². The summed E-state index contributed by atoms with van der Waals surface area (Å²) in [6.07, 6.45) is 8.05. The normalized spacial score (nSPS) is 22.1. The Morgan fingerprint density at radius 2 is 1.84 bits per heavy atom. The smallest absolute Gasteiger partial charge is 0.244 e. The lowest BCUT2D eigenvalue weighted by atomic mass is 9.93. The van der Waals surface area contributed by atoms with E-state index >= 15 is 0 Å². The van der Waals surface area contributed by atoms with Crippen molar-refractivity contribution < 1.29 is 13.2 Å². The molecule has 0 bridgehead atoms. The SMILES string of the molecule is O=S(=O)(c1cnc2ccccc2c1)N1CCOC2(CCCCCC2)C1. The van der Waals surface area contributed by atoms with Crippen molar-refractivity contribution in [3.05, 3.63) is 36.5 Å². The number of morpholine rings is 1. The first kappa shape index (κ1) is 16.9. The molecule has 6 heteroatoms. The van der Waals surface area contributed by atoms with Gasteiger partial charge in [0.25, 0.3) is 0 Å². The molecular weight excluding hydrogens is 336 g/mol. The molecule has 134 valence electrons. The van der Waals surface area contributed by atoms with Gasteiger partial charge in [0.2, 0.25) is 10.0 Å². The Kier molecular flexibility index (Phi) is 4.52. The predicted molar refractivity (Wildman–Crippen MR) is 96.9 cm³/mol. The number of rotatable bonds is 2. The maximum absolute atomic E-state index is 13.2. The number of sulfonamides is 1. The molecule has 1 spiro atoms. The largest absolute Gasteiger partial charge is 0.372 e. The van der Waals surface area contributed by atoms with Gasteiger partial charge < -0.3 is 4.74 Å². The van der Waals surface area contributed by atoms with E-state index < -0.39 is 10.0 Å². The number of pyridine rings is 1. The molecule has 4 rings (SSSR count). The van der Waals surface area contributed by atoms with Gasteiger partial charge in [-0.15, -0.1) is 0 Å². The van der Waals surface area contributed by atoms with Crippen molar-refractivity contribution in [1.82, 2.24) is 9.29 Å². The van der Waals surface area contributed by atoms with Crippen LogP contribution in [0.5, 0.6) is 0 Å². The first-order valence-corrected chi connectivity index (χ1v) is 10.5. The number of benzene rings is 1. The van der Waals surface area contributed by atoms with Gasteiger partial charge in [0.05, 0.1) is 17.7 Å². The van der Waals surface area contributed by atoms with Crippen LogP contribution < -0.4 is 0 Å². The zero-order valence-electron chi connectivity index (χ0n) is 14.4. The second kappa shape index (κ2) is 6.67. The Hall–Kier alpha value is -1.50. The van der Waals surface area contributed by atoms with Gasteiger partial charge in [-0.05, 0) is 25.0 Å². The summed E-state index contributed by atoms with van der Waals surface area (Å²) in [4.78, 5) is 4.60. The van der Waals surface area contributed by atoms with Crippen LogP contribution in [-0.2, 0) is 14.8 Å². The minimum Gasteiger partial charge on any atom is -0.372 e. The summed E-state index contributed by atoms with van der Waals surface area (Å²) in [5.41, 5.74) is 0.509. The second-order valence-corrected chi connectivity index (χ2v) is 9.09. The molecule has 1 aliphatic carbocycles. The van der Waals surface area contributed by atoms with E-state index in [0.717, 1.165) is 36.6 Å². The number of hydrogen-bond donors (Lipinski definition) is 0. The van der Waals surface area contributed by atoms with E-state index in [9.17, 15) is 8.42 Å². The maximum atomic E-state index is 13.2. The van der Waals surface area contributed by atoms with Crippen LogP contribution in [0.4, 0.5) is 0 Å². The van der Waals surface area contributed by atoms with Gasteiger partial charge in [-0.1, -0.05) is 43.9 Å². The summed E-state index contributed by atoms with van der Waals surface area (Å²) < 4.78 is 34.0. The molecule has 1 aliphatic heterocycles. The van der Waals surface area contributed by atoms with Crippen molar-refractivity contribution in [2.75, 3.05) is 19.7 Å². The third-order valence-corrected chi connectivity index (χ3v) is 7.24. The molecule has 5 nitrogen and oxygen atoms in total. The minimum atomic E-state index is -3.55. The van der Waals surface area contributed by atoms with Crippen molar-refractivity contribution in [2.45, 2.75) is 49.0 Å². The fourth-order valence-electron chi connectivity index (χ4n) is 4.03. The maximum Gasteiger partial charge on any atom is 0.244 e. The molecule has 2 aliphatic rings. The molecule has 1 aromatic heterocycles. The van der Waals surface area contributed by atoms with Crippen molar-refractivity contribution in [1.29, 1.82) is 0 Å². The van der Waals surface area contributed by atoms with Crippen LogP contribution in [0.25, 0.3) is 10.9 Å². The van der Waals surface area contributed by atoms with Crippen LogP contribution in [0.3, 0.4) is 0 Å². The highest BCUT2D eigenvalue weighted by atomic mass is 32.2. The van der Waals surface area contributed by atoms with Gasteiger partial charge in [0, 0.05) is 24.7 Å². The molecule has 0 atom stereocenters. The highest BCUT2D eigenvalue weighted by Crippen LogP contribution is 2.35. The van der Waals surface area contributed by atoms with Gasteiger partial charge in [-0.3, -0.25) is 4.98 Å². The summed E-state index contributed by atoms with van der Waals surface area (Å²) in [7, 11) is -3.55. The molecule has 2 fully saturated rings. The topological polar surface area (TPSA) is 59.5 Å². The quantitative estimate of drug-likeness (QED) is 0.824. The number of aromatic nitrogens is 1. The van der Waals surface area contributed by atoms with E-state index in [1.807, 2.05) is 24.3 Å². The second-order valence-electron chi connectivity index (χ2n) is 7.15. The highest BCUT2D eigenvalue weighted by molar-refractivity contribution is 7.89. The zero-order chi connectivity index (χ0) is 17.3. The fraction of sp³-hybridized carbons (Fsp3) is 0.526. The summed E-state index contributed by atoms with van der Waals surface area (Å²) in [6, 6.07) is 9.32. The number of nitrogens with zero attached hydrogens (tertiary/aromatic N) is 2. The number of hydrogen-bond acceptors (Lipinski definition) is 4. The molecule has 0 unspecified atom stereocenters. The monoisotopic (exact) mass is 360 g/mol. The molecule has 1 saturated carbocycles. The lowest BCUT2D eigenvalue weighted by molar-refractivity contribution is -0.0976. The molecular formula is C19H24N2O3S. The standard InChI is InChI=1S/C19H24N2O3S/c22-25(23,17-13-16-7-3-4-8-18(16)20-14-17)21-11-12-24-19(15-21)9-5-1-2-6-10-19/h3-4,7-8,13-14H,1-2,5-6,9-12,15H2. The lowest BCUT2D eigenvalue weighted by Gasteiger charge is -2.41. The predicted octanol–water partition coefficient (Wildman–Crippen LogP) is 3.35. The Labute approximate surface area is 149 Å². The molecule has 0 amide bonds. The third kappa shape index (κ3) is 3.30. The number of ether oxygens (including phenoxy) is 1. The summed E-state index contributed by atoms with van der Waals surface area (Å²) in [6.45, 7) is 1.35. The fourth-order valence-corrected chi connectivity index (χ4v) is 5.51. The van der Waals surface area contributed by atoms with Crippen LogP contribution in [0.15, 0.2) is 41.4 Å². The van der Waals surface area contributed by atoms with E-state index in [4.69, 9.17) is 4.74 Å². The summed E-state index contributed by atoms with van der Waals surface area (Å²) in [5.74, 6) is 0.